The van der Waals surface area contributed by atoms with Gasteiger partial charge in [-0.15, -0.1) is 0 Å². The second kappa shape index (κ2) is 10.4. The van der Waals surface area contributed by atoms with E-state index in [2.05, 4.69) is 0 Å². The second-order valence-electron chi connectivity index (χ2n) is 8.17. The zero-order valence-corrected chi connectivity index (χ0v) is 20.1. The predicted octanol–water partition coefficient (Wildman–Crippen LogP) is 2.75. The van der Waals surface area contributed by atoms with Gasteiger partial charge in [0.1, 0.15) is 5.82 Å². The fourth-order valence-electron chi connectivity index (χ4n) is 3.60. The van der Waals surface area contributed by atoms with Crippen LogP contribution in [0.1, 0.15) is 24.8 Å². The number of hydrogen-bond donors (Lipinski definition) is 0. The van der Waals surface area contributed by atoms with Crippen LogP contribution in [0, 0.1) is 5.82 Å². The third-order valence-electron chi connectivity index (χ3n) is 5.52. The number of benzene rings is 2. The Morgan fingerprint density at radius 1 is 0.844 bits per heavy atom. The Hall–Kier alpha value is -1.85. The summed E-state index contributed by atoms with van der Waals surface area (Å²) in [6, 6.07) is 11.4. The monoisotopic (exact) mass is 483 g/mol. The van der Waals surface area contributed by atoms with E-state index in [0.29, 0.717) is 19.6 Å². The molecular weight excluding hydrogens is 453 g/mol. The molecule has 1 saturated heterocycles. The first-order valence-electron chi connectivity index (χ1n) is 10.6. The first kappa shape index (κ1) is 24.8. The summed E-state index contributed by atoms with van der Waals surface area (Å²) in [4.78, 5) is 1.90. The number of rotatable bonds is 9. The van der Waals surface area contributed by atoms with Crippen molar-refractivity contribution in [2.75, 3.05) is 40.3 Å². The van der Waals surface area contributed by atoms with Crippen molar-refractivity contribution in [3.8, 4) is 0 Å². The molecule has 0 spiro atoms. The van der Waals surface area contributed by atoms with Crippen molar-refractivity contribution in [1.29, 1.82) is 0 Å². The van der Waals surface area contributed by atoms with Crippen molar-refractivity contribution in [1.82, 2.24) is 13.5 Å². The predicted molar refractivity (Wildman–Crippen MR) is 122 cm³/mol. The summed E-state index contributed by atoms with van der Waals surface area (Å²) < 4.78 is 69.3. The van der Waals surface area contributed by atoms with Crippen molar-refractivity contribution in [2.45, 2.75) is 35.6 Å². The molecule has 0 atom stereocenters. The van der Waals surface area contributed by atoms with Gasteiger partial charge in [-0.3, -0.25) is 0 Å². The lowest BCUT2D eigenvalue weighted by Gasteiger charge is -2.26. The van der Waals surface area contributed by atoms with Gasteiger partial charge in [0, 0.05) is 38.3 Å². The molecule has 1 aliphatic heterocycles. The van der Waals surface area contributed by atoms with E-state index >= 15 is 0 Å². The fraction of sp³-hybridized carbons (Fsp3) is 0.455. The molecule has 0 bridgehead atoms. The summed E-state index contributed by atoms with van der Waals surface area (Å²) in [5.74, 6) is -0.472. The van der Waals surface area contributed by atoms with Crippen LogP contribution in [0.4, 0.5) is 4.39 Å². The van der Waals surface area contributed by atoms with Gasteiger partial charge in [0.2, 0.25) is 20.0 Å². The number of halogens is 1. The average Bonchev–Trinajstić information content (AvgIpc) is 2.78. The molecule has 0 saturated carbocycles. The number of piperidine rings is 1. The Kier molecular flexibility index (Phi) is 8.05. The highest BCUT2D eigenvalue weighted by Gasteiger charge is 2.29. The van der Waals surface area contributed by atoms with E-state index < -0.39 is 25.9 Å². The Morgan fingerprint density at radius 3 is 2.03 bits per heavy atom. The van der Waals surface area contributed by atoms with E-state index in [-0.39, 0.29) is 28.4 Å². The normalized spacial score (nSPS) is 16.0. The molecule has 0 unspecified atom stereocenters. The van der Waals surface area contributed by atoms with E-state index in [1.54, 1.807) is 18.2 Å². The van der Waals surface area contributed by atoms with E-state index in [4.69, 9.17) is 0 Å². The average molecular weight is 484 g/mol. The Labute approximate surface area is 190 Å². The van der Waals surface area contributed by atoms with Crippen molar-refractivity contribution < 1.29 is 21.2 Å². The fourth-order valence-corrected chi connectivity index (χ4v) is 6.53. The minimum absolute atomic E-state index is 0.0230. The van der Waals surface area contributed by atoms with Gasteiger partial charge in [0.15, 0.2) is 0 Å². The molecule has 2 aromatic carbocycles. The van der Waals surface area contributed by atoms with E-state index in [1.165, 1.54) is 38.9 Å². The molecule has 0 N–H and O–H groups in total. The lowest BCUT2D eigenvalue weighted by Crippen LogP contribution is -2.37. The molecule has 0 amide bonds. The summed E-state index contributed by atoms with van der Waals surface area (Å²) in [6.07, 6.45) is 2.65. The summed E-state index contributed by atoms with van der Waals surface area (Å²) in [6.45, 7) is 1.45. The zero-order valence-electron chi connectivity index (χ0n) is 18.4. The topological polar surface area (TPSA) is 78.0 Å². The number of sulfonamides is 2. The van der Waals surface area contributed by atoms with Crippen LogP contribution in [0.3, 0.4) is 0 Å². The quantitative estimate of drug-likeness (QED) is 0.548. The van der Waals surface area contributed by atoms with Crippen molar-refractivity contribution >= 4 is 20.0 Å². The van der Waals surface area contributed by atoms with Crippen LogP contribution in [-0.2, 0) is 26.6 Å². The number of likely N-dealkylation sites (N-methyl/N-ethyl adjacent to an activating group) is 1. The smallest absolute Gasteiger partial charge is 0.243 e. The Balaban J connectivity index is 1.87. The molecule has 0 aliphatic carbocycles. The largest absolute Gasteiger partial charge is 0.308 e. The van der Waals surface area contributed by atoms with Crippen LogP contribution in [0.2, 0.25) is 0 Å². The molecule has 3 rings (SSSR count). The standard InChI is InChI=1S/C22H30FN3O4S2/c1-24(2)16-17-26(18-19-8-4-5-9-22(19)23)32(29,30)21-12-10-20(11-13-21)31(27,28)25-14-6-3-7-15-25/h4-5,8-13H,3,6-7,14-18H2,1-2H3. The van der Waals surface area contributed by atoms with Crippen LogP contribution in [0.25, 0.3) is 0 Å². The van der Waals surface area contributed by atoms with Gasteiger partial charge in [-0.05, 0) is 57.3 Å². The van der Waals surface area contributed by atoms with Gasteiger partial charge in [0.25, 0.3) is 0 Å². The first-order valence-corrected chi connectivity index (χ1v) is 13.5. The Morgan fingerprint density at radius 2 is 1.44 bits per heavy atom. The van der Waals surface area contributed by atoms with Crippen LogP contribution < -0.4 is 0 Å². The molecule has 176 valence electrons. The van der Waals surface area contributed by atoms with Gasteiger partial charge in [-0.2, -0.15) is 8.61 Å². The minimum atomic E-state index is -3.97. The molecule has 32 heavy (non-hydrogen) atoms. The summed E-state index contributed by atoms with van der Waals surface area (Å²) >= 11 is 0. The third kappa shape index (κ3) is 5.74. The SMILES string of the molecule is CN(C)CCN(Cc1ccccc1F)S(=O)(=O)c1ccc(S(=O)(=O)N2CCCCC2)cc1. The molecule has 2 aromatic rings. The molecule has 0 aromatic heterocycles. The summed E-state index contributed by atoms with van der Waals surface area (Å²) in [7, 11) is -3.96. The highest BCUT2D eigenvalue weighted by Crippen LogP contribution is 2.24. The van der Waals surface area contributed by atoms with Gasteiger partial charge in [-0.25, -0.2) is 21.2 Å². The minimum Gasteiger partial charge on any atom is -0.308 e. The molecular formula is C22H30FN3O4S2. The van der Waals surface area contributed by atoms with Crippen molar-refractivity contribution in [2.24, 2.45) is 0 Å². The lowest BCUT2D eigenvalue weighted by molar-refractivity contribution is 0.326. The van der Waals surface area contributed by atoms with E-state index in [0.717, 1.165) is 19.3 Å². The zero-order chi connectivity index (χ0) is 23.4. The number of hydrogen-bond acceptors (Lipinski definition) is 5. The van der Waals surface area contributed by atoms with E-state index in [1.807, 2.05) is 19.0 Å². The summed E-state index contributed by atoms with van der Waals surface area (Å²) in [5, 5.41) is 0. The second-order valence-corrected chi connectivity index (χ2v) is 12.0. The highest BCUT2D eigenvalue weighted by molar-refractivity contribution is 7.89. The lowest BCUT2D eigenvalue weighted by atomic mass is 10.2. The van der Waals surface area contributed by atoms with Crippen LogP contribution in [0.5, 0.6) is 0 Å². The maximum atomic E-state index is 14.2. The van der Waals surface area contributed by atoms with E-state index in [9.17, 15) is 21.2 Å². The summed E-state index contributed by atoms with van der Waals surface area (Å²) in [5.41, 5.74) is 0.277. The van der Waals surface area contributed by atoms with Crippen LogP contribution in [-0.4, -0.2) is 70.6 Å². The van der Waals surface area contributed by atoms with Gasteiger partial charge < -0.3 is 4.90 Å². The first-order chi connectivity index (χ1) is 15.1. The number of nitrogens with zero attached hydrogens (tertiary/aromatic N) is 3. The van der Waals surface area contributed by atoms with Crippen LogP contribution >= 0.6 is 0 Å². The molecule has 7 nitrogen and oxygen atoms in total. The van der Waals surface area contributed by atoms with Gasteiger partial charge >= 0.3 is 0 Å². The molecule has 1 fully saturated rings. The molecule has 1 aliphatic rings. The van der Waals surface area contributed by atoms with Crippen LogP contribution in [0.15, 0.2) is 58.3 Å². The maximum Gasteiger partial charge on any atom is 0.243 e. The third-order valence-corrected chi connectivity index (χ3v) is 9.29. The van der Waals surface area contributed by atoms with Gasteiger partial charge in [0.05, 0.1) is 9.79 Å². The maximum absolute atomic E-state index is 14.2. The molecule has 1 heterocycles. The van der Waals surface area contributed by atoms with Gasteiger partial charge in [-0.1, -0.05) is 24.6 Å². The molecule has 10 heteroatoms. The Bertz CT molecular complexity index is 1110. The van der Waals surface area contributed by atoms with Crippen molar-refractivity contribution in [3.05, 3.63) is 59.9 Å². The highest BCUT2D eigenvalue weighted by atomic mass is 32.2. The molecule has 0 radical (unpaired) electrons. The van der Waals surface area contributed by atoms with Crippen molar-refractivity contribution in [3.63, 3.8) is 0 Å².